The van der Waals surface area contributed by atoms with Gasteiger partial charge in [0.15, 0.2) is 5.12 Å². The van der Waals surface area contributed by atoms with E-state index >= 15 is 0 Å². The highest BCUT2D eigenvalue weighted by Gasteiger charge is 2.08. The van der Waals surface area contributed by atoms with Crippen LogP contribution in [0.1, 0.15) is 12.5 Å². The van der Waals surface area contributed by atoms with Crippen molar-refractivity contribution in [2.24, 2.45) is 0 Å². The molecule has 122 valence electrons. The lowest BCUT2D eigenvalue weighted by Gasteiger charge is -2.04. The summed E-state index contributed by atoms with van der Waals surface area (Å²) in [6.45, 7) is 3.52. The van der Waals surface area contributed by atoms with Crippen LogP contribution in [0.3, 0.4) is 0 Å². The molecule has 0 bridgehead atoms. The van der Waals surface area contributed by atoms with Crippen LogP contribution in [0.25, 0.3) is 20.8 Å². The van der Waals surface area contributed by atoms with Gasteiger partial charge < -0.3 is 5.32 Å². The number of nitrogens with zero attached hydrogens (tertiary/aromatic N) is 1. The van der Waals surface area contributed by atoms with Crippen molar-refractivity contribution in [1.29, 1.82) is 0 Å². The molecule has 4 nitrogen and oxygen atoms in total. The number of hydrogen-bond acceptors (Lipinski definition) is 5. The third-order valence-electron chi connectivity index (χ3n) is 3.37. The Morgan fingerprint density at radius 2 is 1.92 bits per heavy atom. The zero-order chi connectivity index (χ0) is 17.1. The summed E-state index contributed by atoms with van der Waals surface area (Å²) in [5.74, 6) is -0.0488. The summed E-state index contributed by atoms with van der Waals surface area (Å²) >= 11 is 2.66. The topological polar surface area (TPSA) is 59.1 Å². The molecule has 0 atom stereocenters. The lowest BCUT2D eigenvalue weighted by molar-refractivity contribution is -0.114. The van der Waals surface area contributed by atoms with Crippen LogP contribution >= 0.6 is 23.1 Å². The number of anilines is 1. The van der Waals surface area contributed by atoms with Crippen molar-refractivity contribution < 1.29 is 9.59 Å². The van der Waals surface area contributed by atoms with Crippen molar-refractivity contribution in [2.45, 2.75) is 13.8 Å². The molecule has 24 heavy (non-hydrogen) atoms. The first-order valence-corrected chi connectivity index (χ1v) is 9.22. The summed E-state index contributed by atoms with van der Waals surface area (Å²) in [5.41, 5.74) is 3.95. The van der Waals surface area contributed by atoms with Crippen LogP contribution in [0.5, 0.6) is 0 Å². The van der Waals surface area contributed by atoms with Gasteiger partial charge in [0.1, 0.15) is 5.01 Å². The second-order valence-corrected chi connectivity index (χ2v) is 7.58. The van der Waals surface area contributed by atoms with Crippen LogP contribution in [-0.4, -0.2) is 21.8 Å². The van der Waals surface area contributed by atoms with Gasteiger partial charge in [0.2, 0.25) is 5.91 Å². The predicted molar refractivity (Wildman–Crippen MR) is 102 cm³/mol. The van der Waals surface area contributed by atoms with Gasteiger partial charge in [-0.05, 0) is 48.9 Å². The Labute approximate surface area is 148 Å². The van der Waals surface area contributed by atoms with E-state index in [9.17, 15) is 9.59 Å². The first-order valence-electron chi connectivity index (χ1n) is 7.42. The minimum atomic E-state index is -0.182. The van der Waals surface area contributed by atoms with Crippen molar-refractivity contribution in [3.05, 3.63) is 48.0 Å². The third-order valence-corrected chi connectivity index (χ3v) is 5.25. The molecule has 0 saturated heterocycles. The molecular formula is C18H16N2O2S2. The minimum Gasteiger partial charge on any atom is -0.325 e. The molecule has 0 saturated carbocycles. The lowest BCUT2D eigenvalue weighted by atomic mass is 10.2. The summed E-state index contributed by atoms with van der Waals surface area (Å²) in [5, 5.41) is 3.68. The maximum absolute atomic E-state index is 11.7. The smallest absolute Gasteiger partial charge is 0.234 e. The molecule has 0 unspecified atom stereocenters. The van der Waals surface area contributed by atoms with Gasteiger partial charge in [0, 0.05) is 18.2 Å². The number of aromatic nitrogens is 1. The number of amides is 1. The van der Waals surface area contributed by atoms with Crippen LogP contribution in [0.15, 0.2) is 42.5 Å². The number of rotatable bonds is 4. The number of nitrogens with one attached hydrogen (secondary N) is 1. The van der Waals surface area contributed by atoms with Crippen molar-refractivity contribution in [2.75, 3.05) is 11.1 Å². The Bertz CT molecular complexity index is 901. The highest BCUT2D eigenvalue weighted by molar-refractivity contribution is 8.14. The number of fused-ring (bicyclic) bond motifs is 1. The molecule has 0 aliphatic rings. The first kappa shape index (κ1) is 16.7. The normalized spacial score (nSPS) is 10.8. The van der Waals surface area contributed by atoms with Crippen LogP contribution in [0.2, 0.25) is 0 Å². The number of thioether (sulfide) groups is 1. The molecule has 1 amide bonds. The van der Waals surface area contributed by atoms with E-state index in [0.717, 1.165) is 27.8 Å². The van der Waals surface area contributed by atoms with Gasteiger partial charge in [0.25, 0.3) is 0 Å². The van der Waals surface area contributed by atoms with Crippen molar-refractivity contribution in [1.82, 2.24) is 4.98 Å². The zero-order valence-electron chi connectivity index (χ0n) is 13.3. The molecular weight excluding hydrogens is 340 g/mol. The largest absolute Gasteiger partial charge is 0.325 e. The quantitative estimate of drug-likeness (QED) is 0.748. The van der Waals surface area contributed by atoms with E-state index in [1.165, 1.54) is 17.2 Å². The van der Waals surface area contributed by atoms with Crippen LogP contribution in [0, 0.1) is 6.92 Å². The average Bonchev–Trinajstić information content (AvgIpc) is 2.96. The number of hydrogen-bond donors (Lipinski definition) is 1. The van der Waals surface area contributed by atoms with E-state index in [-0.39, 0.29) is 16.8 Å². The second kappa shape index (κ2) is 7.15. The van der Waals surface area contributed by atoms with Crippen LogP contribution < -0.4 is 5.32 Å². The van der Waals surface area contributed by atoms with Gasteiger partial charge in [-0.25, -0.2) is 4.98 Å². The highest BCUT2D eigenvalue weighted by atomic mass is 32.2. The molecule has 0 aliphatic carbocycles. The summed E-state index contributed by atoms with van der Waals surface area (Å²) in [4.78, 5) is 27.3. The predicted octanol–water partition coefficient (Wildman–Crippen LogP) is 4.49. The number of benzene rings is 2. The highest BCUT2D eigenvalue weighted by Crippen LogP contribution is 2.31. The van der Waals surface area contributed by atoms with E-state index in [4.69, 9.17) is 0 Å². The van der Waals surface area contributed by atoms with Gasteiger partial charge in [-0.2, -0.15) is 0 Å². The van der Waals surface area contributed by atoms with Gasteiger partial charge in [0.05, 0.1) is 16.0 Å². The molecule has 1 N–H and O–H groups in total. The molecule has 0 fully saturated rings. The Morgan fingerprint density at radius 1 is 1.17 bits per heavy atom. The third kappa shape index (κ3) is 4.01. The van der Waals surface area contributed by atoms with E-state index in [0.29, 0.717) is 5.69 Å². The molecule has 2 aromatic carbocycles. The average molecular weight is 356 g/mol. The van der Waals surface area contributed by atoms with Crippen LogP contribution in [-0.2, 0) is 9.59 Å². The maximum Gasteiger partial charge on any atom is 0.234 e. The zero-order valence-corrected chi connectivity index (χ0v) is 15.0. The van der Waals surface area contributed by atoms with E-state index in [2.05, 4.69) is 29.4 Å². The molecule has 0 radical (unpaired) electrons. The summed E-state index contributed by atoms with van der Waals surface area (Å²) < 4.78 is 1.17. The van der Waals surface area contributed by atoms with Crippen LogP contribution in [0.4, 0.5) is 5.69 Å². The monoisotopic (exact) mass is 356 g/mol. The molecule has 6 heteroatoms. The fourth-order valence-electron chi connectivity index (χ4n) is 2.22. The van der Waals surface area contributed by atoms with E-state index in [1.54, 1.807) is 11.3 Å². The van der Waals surface area contributed by atoms with Crippen molar-refractivity contribution in [3.63, 3.8) is 0 Å². The molecule has 3 rings (SSSR count). The van der Waals surface area contributed by atoms with Crippen molar-refractivity contribution >= 4 is 50.0 Å². The molecule has 1 aromatic heterocycles. The van der Waals surface area contributed by atoms with Gasteiger partial charge in [-0.3, -0.25) is 9.59 Å². The molecule has 0 aliphatic heterocycles. The SMILES string of the molecule is CC(=O)SCC(=O)Nc1ccc(-c2nc3ccc(C)cc3s2)cc1. The summed E-state index contributed by atoms with van der Waals surface area (Å²) in [7, 11) is 0. The van der Waals surface area contributed by atoms with Gasteiger partial charge in [-0.1, -0.05) is 17.8 Å². The van der Waals surface area contributed by atoms with Crippen molar-refractivity contribution in [3.8, 4) is 10.6 Å². The Balaban J connectivity index is 1.73. The Morgan fingerprint density at radius 3 is 2.62 bits per heavy atom. The lowest BCUT2D eigenvalue weighted by Crippen LogP contribution is -2.14. The number of carbonyl (C=O) groups is 2. The van der Waals surface area contributed by atoms with Gasteiger partial charge >= 0.3 is 0 Å². The molecule has 3 aromatic rings. The minimum absolute atomic E-state index is 0.0634. The second-order valence-electron chi connectivity index (χ2n) is 5.40. The first-order chi connectivity index (χ1) is 11.5. The Kier molecular flexibility index (Phi) is 4.97. The number of thiazole rings is 1. The number of aryl methyl sites for hydroxylation is 1. The van der Waals surface area contributed by atoms with E-state index < -0.39 is 0 Å². The standard InChI is InChI=1S/C18H16N2O2S2/c1-11-3-8-15-16(9-11)24-18(20-15)13-4-6-14(7-5-13)19-17(22)10-23-12(2)21/h3-9H,10H2,1-2H3,(H,19,22). The summed E-state index contributed by atoms with van der Waals surface area (Å²) in [6.07, 6.45) is 0. The fraction of sp³-hybridized carbons (Fsp3) is 0.167. The molecule has 0 spiro atoms. The summed E-state index contributed by atoms with van der Waals surface area (Å²) in [6, 6.07) is 13.8. The maximum atomic E-state index is 11.7. The van der Waals surface area contributed by atoms with E-state index in [1.807, 2.05) is 30.3 Å². The molecule has 1 heterocycles. The van der Waals surface area contributed by atoms with Gasteiger partial charge in [-0.15, -0.1) is 11.3 Å². The number of carbonyl (C=O) groups excluding carboxylic acids is 2. The Hall–Kier alpha value is -2.18. The fourth-order valence-corrected chi connectivity index (χ4v) is 3.69.